The molecule has 1 heterocycles. The third-order valence-corrected chi connectivity index (χ3v) is 13.7. The van der Waals surface area contributed by atoms with Crippen molar-refractivity contribution >= 4 is 11.9 Å². The largest absolute Gasteiger partial charge is 0.454 e. The Morgan fingerprint density at radius 1 is 0.549 bits per heavy atom. The first kappa shape index (κ1) is 66.6. The monoisotopic (exact) mass is 1000 g/mol. The number of amides is 1. The van der Waals surface area contributed by atoms with E-state index in [0.29, 0.717) is 12.8 Å². The number of rotatable bonds is 49. The van der Waals surface area contributed by atoms with Crippen LogP contribution in [0.2, 0.25) is 0 Å². The van der Waals surface area contributed by atoms with Gasteiger partial charge in [0.15, 0.2) is 12.4 Å². The molecule has 1 aliphatic rings. The molecule has 8 atom stereocenters. The van der Waals surface area contributed by atoms with Crippen molar-refractivity contribution < 1.29 is 49.3 Å². The molecule has 0 aromatic carbocycles. The van der Waals surface area contributed by atoms with Gasteiger partial charge in [0.1, 0.15) is 24.4 Å². The number of nitrogens with one attached hydrogen (secondary N) is 1. The maximum Gasteiger partial charge on any atom is 0.306 e. The fourth-order valence-electron chi connectivity index (χ4n) is 8.97. The minimum atomic E-state index is -1.62. The van der Waals surface area contributed by atoms with Gasteiger partial charge in [-0.05, 0) is 83.5 Å². The highest BCUT2D eigenvalue weighted by molar-refractivity contribution is 5.80. The van der Waals surface area contributed by atoms with Gasteiger partial charge in [0.25, 0.3) is 0 Å². The maximum atomic E-state index is 13.4. The summed E-state index contributed by atoms with van der Waals surface area (Å²) in [7, 11) is 0. The van der Waals surface area contributed by atoms with E-state index >= 15 is 0 Å². The summed E-state index contributed by atoms with van der Waals surface area (Å²) in [5, 5.41) is 56.8. The highest BCUT2D eigenvalue weighted by Crippen LogP contribution is 2.26. The van der Waals surface area contributed by atoms with Gasteiger partial charge in [-0.3, -0.25) is 9.59 Å². The van der Waals surface area contributed by atoms with Gasteiger partial charge in [0.05, 0.1) is 25.4 Å². The second kappa shape index (κ2) is 48.6. The zero-order chi connectivity index (χ0) is 51.8. The topological polar surface area (TPSA) is 175 Å². The maximum absolute atomic E-state index is 13.4. The van der Waals surface area contributed by atoms with Gasteiger partial charge >= 0.3 is 5.97 Å². The lowest BCUT2D eigenvalue weighted by Gasteiger charge is -2.41. The number of carbonyl (C=O) groups is 2. The molecule has 1 fully saturated rings. The fourth-order valence-corrected chi connectivity index (χ4v) is 8.97. The van der Waals surface area contributed by atoms with Crippen LogP contribution in [0.4, 0.5) is 0 Å². The summed E-state index contributed by atoms with van der Waals surface area (Å²) in [6, 6.07) is -1.03. The van der Waals surface area contributed by atoms with Gasteiger partial charge in [-0.15, -0.1) is 0 Å². The molecule has 0 saturated carbocycles. The molecule has 1 saturated heterocycles. The molecule has 414 valence electrons. The average molecular weight is 1000 g/mol. The Balaban J connectivity index is 2.71. The Morgan fingerprint density at radius 3 is 1.49 bits per heavy atom. The van der Waals surface area contributed by atoms with Crippen molar-refractivity contribution in [2.24, 2.45) is 0 Å². The summed E-state index contributed by atoms with van der Waals surface area (Å²) < 4.78 is 17.6. The summed E-state index contributed by atoms with van der Waals surface area (Å²) in [5.74, 6) is -1.21. The zero-order valence-corrected chi connectivity index (χ0v) is 45.6. The molecule has 0 radical (unpaired) electrons. The predicted octanol–water partition coefficient (Wildman–Crippen LogP) is 13.3. The van der Waals surface area contributed by atoms with Crippen LogP contribution in [0, 0.1) is 0 Å². The second-order valence-electron chi connectivity index (χ2n) is 20.4. The van der Waals surface area contributed by atoms with E-state index in [1.54, 1.807) is 6.08 Å². The van der Waals surface area contributed by atoms with E-state index in [-0.39, 0.29) is 19.4 Å². The SMILES string of the molecule is CCCCC/C=C\C/C=C\CCCCCCCCCC(=O)OC1C(OCC(NC(=O)C(O)CCCCCCCC/C=C\CCCCCC)C(O)/C=C/CCCCCCCCCCC)OC(CO)C(O)C1O. The Labute approximate surface area is 434 Å². The van der Waals surface area contributed by atoms with E-state index < -0.39 is 67.4 Å². The summed E-state index contributed by atoms with van der Waals surface area (Å²) in [6.45, 7) is 5.73. The molecule has 71 heavy (non-hydrogen) atoms. The van der Waals surface area contributed by atoms with Gasteiger partial charge in [0.2, 0.25) is 5.91 Å². The van der Waals surface area contributed by atoms with Crippen LogP contribution in [0.3, 0.4) is 0 Å². The van der Waals surface area contributed by atoms with Crippen molar-refractivity contribution in [1.29, 1.82) is 0 Å². The lowest BCUT2D eigenvalue weighted by molar-refractivity contribution is -0.305. The highest BCUT2D eigenvalue weighted by Gasteiger charge is 2.47. The molecule has 0 bridgehead atoms. The molecular weight excluding hydrogens is 895 g/mol. The first-order chi connectivity index (χ1) is 34.7. The number of unbranched alkanes of at least 4 members (excludes halogenated alkanes) is 29. The number of aliphatic hydroxyl groups is 5. The van der Waals surface area contributed by atoms with Crippen molar-refractivity contribution in [2.45, 2.75) is 307 Å². The van der Waals surface area contributed by atoms with Gasteiger partial charge < -0.3 is 45.1 Å². The lowest BCUT2D eigenvalue weighted by atomic mass is 9.99. The molecular formula is C60H109NO10. The third kappa shape index (κ3) is 37.1. The molecule has 1 aliphatic heterocycles. The summed E-state index contributed by atoms with van der Waals surface area (Å²) in [5.41, 5.74) is 0. The fraction of sp³-hybridized carbons (Fsp3) is 0.833. The van der Waals surface area contributed by atoms with E-state index in [9.17, 15) is 35.1 Å². The smallest absolute Gasteiger partial charge is 0.306 e. The minimum Gasteiger partial charge on any atom is -0.454 e. The van der Waals surface area contributed by atoms with Crippen LogP contribution in [-0.4, -0.2) is 99.6 Å². The predicted molar refractivity (Wildman–Crippen MR) is 292 cm³/mol. The van der Waals surface area contributed by atoms with Crippen LogP contribution in [0.5, 0.6) is 0 Å². The molecule has 11 nitrogen and oxygen atoms in total. The quantitative estimate of drug-likeness (QED) is 0.0195. The van der Waals surface area contributed by atoms with Crippen molar-refractivity contribution in [1.82, 2.24) is 5.32 Å². The molecule has 0 spiro atoms. The van der Waals surface area contributed by atoms with Crippen molar-refractivity contribution in [3.8, 4) is 0 Å². The van der Waals surface area contributed by atoms with Crippen molar-refractivity contribution in [2.75, 3.05) is 13.2 Å². The van der Waals surface area contributed by atoms with Crippen LogP contribution >= 0.6 is 0 Å². The van der Waals surface area contributed by atoms with Crippen LogP contribution in [0.1, 0.15) is 258 Å². The molecule has 0 aromatic rings. The first-order valence-corrected chi connectivity index (χ1v) is 29.4. The Kier molecular flexibility index (Phi) is 45.6. The molecule has 11 heteroatoms. The molecule has 8 unspecified atom stereocenters. The third-order valence-electron chi connectivity index (χ3n) is 13.7. The van der Waals surface area contributed by atoms with Crippen LogP contribution in [0.25, 0.3) is 0 Å². The number of hydrogen-bond acceptors (Lipinski definition) is 10. The molecule has 6 N–H and O–H groups in total. The number of ether oxygens (including phenoxy) is 3. The first-order valence-electron chi connectivity index (χ1n) is 29.4. The average Bonchev–Trinajstić information content (AvgIpc) is 3.37. The summed E-state index contributed by atoms with van der Waals surface area (Å²) in [6.07, 6.45) is 47.2. The number of allylic oxidation sites excluding steroid dienone is 7. The Morgan fingerprint density at radius 2 is 0.972 bits per heavy atom. The van der Waals surface area contributed by atoms with Crippen LogP contribution in [0.15, 0.2) is 48.6 Å². The Bertz CT molecular complexity index is 1340. The van der Waals surface area contributed by atoms with Crippen LogP contribution < -0.4 is 5.32 Å². The standard InChI is InChI=1S/C60H109NO10/c1-4-7-10-13-16-19-22-24-26-27-28-30-33-36-39-42-45-48-55(65)71-58-57(67)56(66)54(49-62)70-60(58)69-50-51(52(63)46-43-40-37-34-31-21-18-15-12-9-6-3)61-59(68)53(64)47-44-41-38-35-32-29-25-23-20-17-14-11-8-5-2/h16,19-20,23-24,26,43,46,51-54,56-58,60,62-64,66-67H,4-15,17-18,21-22,25,27-42,44-45,47-50H2,1-3H3,(H,61,68)/b19-16-,23-20-,26-24-,46-43+. The van der Waals surface area contributed by atoms with E-state index in [1.807, 2.05) is 6.08 Å². The van der Waals surface area contributed by atoms with E-state index in [4.69, 9.17) is 14.2 Å². The van der Waals surface area contributed by atoms with Crippen LogP contribution in [-0.2, 0) is 23.8 Å². The number of aliphatic hydroxyl groups excluding tert-OH is 5. The second-order valence-corrected chi connectivity index (χ2v) is 20.4. The normalized spacial score (nSPS) is 19.9. The molecule has 0 aliphatic carbocycles. The van der Waals surface area contributed by atoms with Crippen molar-refractivity contribution in [3.63, 3.8) is 0 Å². The van der Waals surface area contributed by atoms with Gasteiger partial charge in [-0.1, -0.05) is 217 Å². The van der Waals surface area contributed by atoms with Gasteiger partial charge in [0, 0.05) is 6.42 Å². The van der Waals surface area contributed by atoms with Gasteiger partial charge in [-0.2, -0.15) is 0 Å². The summed E-state index contributed by atoms with van der Waals surface area (Å²) in [4.78, 5) is 26.5. The summed E-state index contributed by atoms with van der Waals surface area (Å²) >= 11 is 0. The molecule has 1 rings (SSSR count). The van der Waals surface area contributed by atoms with Gasteiger partial charge in [-0.25, -0.2) is 0 Å². The number of hydrogen-bond donors (Lipinski definition) is 6. The van der Waals surface area contributed by atoms with E-state index in [1.165, 1.54) is 122 Å². The number of carbonyl (C=O) groups excluding carboxylic acids is 2. The zero-order valence-electron chi connectivity index (χ0n) is 45.6. The lowest BCUT2D eigenvalue weighted by Crippen LogP contribution is -2.61. The van der Waals surface area contributed by atoms with E-state index in [2.05, 4.69) is 62.5 Å². The molecule has 0 aromatic heterocycles. The molecule has 1 amide bonds. The highest BCUT2D eigenvalue weighted by atomic mass is 16.7. The number of esters is 1. The minimum absolute atomic E-state index is 0.114. The van der Waals surface area contributed by atoms with E-state index in [0.717, 1.165) is 89.9 Å². The van der Waals surface area contributed by atoms with Crippen molar-refractivity contribution in [3.05, 3.63) is 48.6 Å². The Hall–Kier alpha value is -2.38.